The van der Waals surface area contributed by atoms with E-state index in [0.29, 0.717) is 55.5 Å². The fraction of sp³-hybridized carbons (Fsp3) is 0.388. The second-order valence-electron chi connectivity index (χ2n) is 15.9. The third kappa shape index (κ3) is 15.5. The number of phenolic OH excluding ortho intramolecular Hbond substituents is 1. The van der Waals surface area contributed by atoms with Crippen LogP contribution in [0, 0.1) is 0 Å². The number of aliphatic hydroxyl groups is 1. The number of aromatic nitrogens is 1. The second-order valence-corrected chi connectivity index (χ2v) is 15.9. The highest BCUT2D eigenvalue weighted by Crippen LogP contribution is 2.28. The zero-order valence-electron chi connectivity index (χ0n) is 36.0. The quantitative estimate of drug-likeness (QED) is 0.0423. The minimum absolute atomic E-state index is 0.0290. The van der Waals surface area contributed by atoms with E-state index in [1.807, 2.05) is 92.9 Å². The molecule has 6 N–H and O–H groups in total. The minimum atomic E-state index is -0.854. The van der Waals surface area contributed by atoms with E-state index in [1.54, 1.807) is 17.0 Å². The van der Waals surface area contributed by atoms with E-state index in [0.717, 1.165) is 61.0 Å². The van der Waals surface area contributed by atoms with Crippen LogP contribution in [0.1, 0.15) is 67.4 Å². The molecule has 0 saturated carbocycles. The van der Waals surface area contributed by atoms with E-state index >= 15 is 0 Å². The number of nitrogens with zero attached hydrogens (tertiary/aromatic N) is 2. The number of allylic oxidation sites excluding steroid dienone is 4. The van der Waals surface area contributed by atoms with Crippen molar-refractivity contribution in [3.63, 3.8) is 0 Å². The Bertz CT molecular complexity index is 2210. The summed E-state index contributed by atoms with van der Waals surface area (Å²) in [6.45, 7) is 10.1. The van der Waals surface area contributed by atoms with Crippen LogP contribution in [-0.2, 0) is 27.2 Å². The third-order valence-electron chi connectivity index (χ3n) is 11.0. The van der Waals surface area contributed by atoms with Crippen molar-refractivity contribution in [2.24, 2.45) is 0 Å². The number of nitrogens with one attached hydrogen (secondary N) is 4. The average Bonchev–Trinajstić information content (AvgIpc) is 3.26. The van der Waals surface area contributed by atoms with E-state index in [1.165, 1.54) is 12.1 Å². The molecular weight excluding hydrogens is 785 g/mol. The van der Waals surface area contributed by atoms with Crippen LogP contribution in [0.15, 0.2) is 115 Å². The van der Waals surface area contributed by atoms with Crippen molar-refractivity contribution in [1.82, 2.24) is 30.7 Å². The van der Waals surface area contributed by atoms with Crippen molar-refractivity contribution < 1.29 is 29.3 Å². The third-order valence-corrected chi connectivity index (χ3v) is 11.0. The molecule has 1 saturated heterocycles. The summed E-state index contributed by atoms with van der Waals surface area (Å²) in [4.78, 5) is 56.2. The molecule has 4 aromatic rings. The first-order valence-corrected chi connectivity index (χ1v) is 21.5. The van der Waals surface area contributed by atoms with Gasteiger partial charge in [-0.15, -0.1) is 0 Å². The summed E-state index contributed by atoms with van der Waals surface area (Å²) >= 11 is 0. The highest BCUT2D eigenvalue weighted by Gasteiger charge is 2.23. The van der Waals surface area contributed by atoms with E-state index in [4.69, 9.17) is 4.74 Å². The Kier molecular flexibility index (Phi) is 18.5. The summed E-state index contributed by atoms with van der Waals surface area (Å²) in [5.41, 5.74) is 4.53. The lowest BCUT2D eigenvalue weighted by atomic mass is 10.0. The van der Waals surface area contributed by atoms with E-state index in [9.17, 15) is 29.4 Å². The number of benzene rings is 3. The number of fused-ring (bicyclic) bond motifs is 1. The topological polar surface area (TPSA) is 176 Å². The van der Waals surface area contributed by atoms with Crippen LogP contribution in [0.3, 0.4) is 0 Å². The van der Waals surface area contributed by atoms with Gasteiger partial charge in [0.05, 0.1) is 18.0 Å². The molecular formula is C49H62N6O7. The summed E-state index contributed by atoms with van der Waals surface area (Å²) < 4.78 is 5.61. The molecule has 5 rings (SSSR count). The molecule has 62 heavy (non-hydrogen) atoms. The molecule has 0 spiro atoms. The second kappa shape index (κ2) is 24.4. The van der Waals surface area contributed by atoms with Crippen molar-refractivity contribution in [2.45, 2.75) is 70.1 Å². The summed E-state index contributed by atoms with van der Waals surface area (Å²) in [6.07, 6.45) is 10.5. The van der Waals surface area contributed by atoms with Crippen molar-refractivity contribution in [2.75, 3.05) is 52.9 Å². The number of aromatic hydroxyl groups is 1. The highest BCUT2D eigenvalue weighted by molar-refractivity contribution is 5.87. The fourth-order valence-electron chi connectivity index (χ4n) is 7.44. The first kappa shape index (κ1) is 47.0. The molecule has 2 heterocycles. The Morgan fingerprint density at radius 1 is 0.984 bits per heavy atom. The number of phenols is 1. The molecule has 0 bridgehead atoms. The molecule has 2 atom stereocenters. The number of rotatable bonds is 22. The molecule has 1 aliphatic heterocycles. The van der Waals surface area contributed by atoms with Gasteiger partial charge in [0.1, 0.15) is 11.9 Å². The number of piperidine rings is 1. The Balaban J connectivity index is 0.886. The first-order valence-electron chi connectivity index (χ1n) is 21.5. The number of carbonyl (C=O) groups excluding carboxylic acids is 3. The van der Waals surface area contributed by atoms with Gasteiger partial charge in [0.15, 0.2) is 0 Å². The number of pyridine rings is 1. The maximum atomic E-state index is 12.8. The Morgan fingerprint density at radius 2 is 1.76 bits per heavy atom. The van der Waals surface area contributed by atoms with Gasteiger partial charge in [0.25, 0.3) is 0 Å². The summed E-state index contributed by atoms with van der Waals surface area (Å²) in [5.74, 6) is -0.0183. The summed E-state index contributed by atoms with van der Waals surface area (Å²) in [5, 5.41) is 30.8. The number of hydrogen-bond donors (Lipinski definition) is 6. The van der Waals surface area contributed by atoms with Crippen molar-refractivity contribution in [1.29, 1.82) is 0 Å². The number of alkyl carbamates (subject to hydrolysis) is 1. The maximum Gasteiger partial charge on any atom is 0.407 e. The normalized spacial score (nSPS) is 14.5. The monoisotopic (exact) mass is 846 g/mol. The number of ether oxygens (including phenoxy) is 1. The zero-order chi connectivity index (χ0) is 44.3. The smallest absolute Gasteiger partial charge is 0.407 e. The van der Waals surface area contributed by atoms with Crippen LogP contribution in [0.2, 0.25) is 0 Å². The number of H-pyrrole nitrogens is 1. The predicted octanol–water partition coefficient (Wildman–Crippen LogP) is 5.79. The Hall–Kier alpha value is -6.02. The standard InChI is InChI=1S/C49H62N6O7/c1-35(39-16-7-4-8-17-39)13-6-5-9-26-51-49(61)62-40-22-28-55(29-23-40)30-24-47(60)54(3)27-11-10-25-50-46(59)33-38-15-12-14-37(32-38)31-36(2)52-34-44(57)41-18-20-43(56)48-42(41)19-21-45(58)53-48/h4-9,12-21,32,36,40,44,52,56-57H,1,10-11,22-31,33-34H2,2-3H3,(H,50,59)(H,51,61)(H,53,58)/b9-5-,13-6-/t36-,44+/m1/s1. The van der Waals surface area contributed by atoms with Gasteiger partial charge in [0, 0.05) is 76.8 Å². The van der Waals surface area contributed by atoms with Gasteiger partial charge in [-0.1, -0.05) is 91.5 Å². The molecule has 0 unspecified atom stereocenters. The number of amides is 3. The van der Waals surface area contributed by atoms with Crippen molar-refractivity contribution in [3.05, 3.63) is 142 Å². The van der Waals surface area contributed by atoms with Crippen LogP contribution in [0.25, 0.3) is 16.5 Å². The van der Waals surface area contributed by atoms with Gasteiger partial charge in [-0.25, -0.2) is 4.79 Å². The largest absolute Gasteiger partial charge is 0.506 e. The molecule has 330 valence electrons. The molecule has 0 aliphatic carbocycles. The Morgan fingerprint density at radius 3 is 2.55 bits per heavy atom. The van der Waals surface area contributed by atoms with E-state index < -0.39 is 12.2 Å². The Labute approximate surface area is 364 Å². The van der Waals surface area contributed by atoms with Crippen LogP contribution in [-0.4, -0.2) is 108 Å². The molecule has 1 aliphatic rings. The number of aliphatic hydroxyl groups excluding tert-OH is 1. The molecule has 13 nitrogen and oxygen atoms in total. The molecule has 13 heteroatoms. The van der Waals surface area contributed by atoms with Gasteiger partial charge in [-0.2, -0.15) is 0 Å². The van der Waals surface area contributed by atoms with Gasteiger partial charge in [0.2, 0.25) is 17.4 Å². The maximum absolute atomic E-state index is 12.8. The van der Waals surface area contributed by atoms with Gasteiger partial charge in [-0.3, -0.25) is 14.4 Å². The number of carbonyl (C=O) groups is 3. The van der Waals surface area contributed by atoms with Crippen LogP contribution >= 0.6 is 0 Å². The van der Waals surface area contributed by atoms with Gasteiger partial charge in [-0.05, 0) is 79.0 Å². The molecule has 0 radical (unpaired) electrons. The number of hydrogen-bond acceptors (Lipinski definition) is 9. The lowest BCUT2D eigenvalue weighted by molar-refractivity contribution is -0.130. The fourth-order valence-corrected chi connectivity index (χ4v) is 7.44. The molecule has 3 aromatic carbocycles. The van der Waals surface area contributed by atoms with Crippen LogP contribution in [0.4, 0.5) is 4.79 Å². The highest BCUT2D eigenvalue weighted by atomic mass is 16.6. The van der Waals surface area contributed by atoms with Crippen molar-refractivity contribution >= 4 is 34.4 Å². The van der Waals surface area contributed by atoms with Gasteiger partial charge >= 0.3 is 6.09 Å². The number of likely N-dealkylation sites (tertiary alicyclic amines) is 1. The van der Waals surface area contributed by atoms with E-state index in [2.05, 4.69) is 32.4 Å². The van der Waals surface area contributed by atoms with Crippen LogP contribution in [0.5, 0.6) is 5.75 Å². The number of unbranched alkanes of at least 4 members (excludes halogenated alkanes) is 1. The summed E-state index contributed by atoms with van der Waals surface area (Å²) in [7, 11) is 1.82. The molecule has 1 fully saturated rings. The van der Waals surface area contributed by atoms with Crippen molar-refractivity contribution in [3.8, 4) is 5.75 Å². The predicted molar refractivity (Wildman–Crippen MR) is 245 cm³/mol. The number of aromatic amines is 1. The lowest BCUT2D eigenvalue weighted by Gasteiger charge is -2.31. The van der Waals surface area contributed by atoms with E-state index in [-0.39, 0.29) is 48.2 Å². The lowest BCUT2D eigenvalue weighted by Crippen LogP contribution is -2.41. The zero-order valence-corrected chi connectivity index (χ0v) is 36.0. The summed E-state index contributed by atoms with van der Waals surface area (Å²) in [6, 6.07) is 24.0. The SMILES string of the molecule is C=C(/C=C\C=C/CNC(=O)OC1CCN(CCC(=O)N(C)CCCCNC(=O)Cc2cccc(C[C@@H](C)NC[C@H](O)c3ccc(O)c4[nH]c(=O)ccc34)c2)CC1)c1ccccc1. The molecule has 1 aromatic heterocycles. The minimum Gasteiger partial charge on any atom is -0.506 e. The van der Waals surface area contributed by atoms with Crippen LogP contribution < -0.4 is 21.5 Å². The molecule has 3 amide bonds. The first-order chi connectivity index (χ1) is 29.9. The average molecular weight is 847 g/mol. The van der Waals surface area contributed by atoms with Gasteiger partial charge < -0.3 is 45.7 Å².